The largest absolute Gasteiger partial charge is 0.391 e. The number of aliphatic hydroxyl groups excluding tert-OH is 1. The van der Waals surface area contributed by atoms with E-state index in [9.17, 15) is 8.42 Å². The second-order valence-electron chi connectivity index (χ2n) is 5.40. The Morgan fingerprint density at radius 2 is 2.20 bits per heavy atom. The molecular weight excluding hydrogens is 298 g/mol. The van der Waals surface area contributed by atoms with Crippen LogP contribution in [0, 0.1) is 12.3 Å². The fourth-order valence-electron chi connectivity index (χ4n) is 2.11. The third-order valence-electron chi connectivity index (χ3n) is 3.84. The Bertz CT molecular complexity index is 561. The number of rotatable bonds is 8. The van der Waals surface area contributed by atoms with Gasteiger partial charge in [0, 0.05) is 25.1 Å². The van der Waals surface area contributed by atoms with Crippen molar-refractivity contribution in [1.29, 1.82) is 0 Å². The van der Waals surface area contributed by atoms with Crippen LogP contribution in [0.4, 0.5) is 0 Å². The minimum Gasteiger partial charge on any atom is -0.391 e. The summed E-state index contributed by atoms with van der Waals surface area (Å²) in [7, 11) is -1.82. The van der Waals surface area contributed by atoms with Crippen molar-refractivity contribution in [2.75, 3.05) is 20.3 Å². The molecule has 2 rings (SSSR count). The Morgan fingerprint density at radius 1 is 1.50 bits per heavy atom. The van der Waals surface area contributed by atoms with Crippen LogP contribution in [0.3, 0.4) is 0 Å². The molecule has 2 N–H and O–H groups in total. The Hall–Kier alpha value is -0.470. The zero-order valence-electron chi connectivity index (χ0n) is 11.8. The monoisotopic (exact) mass is 319 g/mol. The first-order valence-corrected chi connectivity index (χ1v) is 8.91. The summed E-state index contributed by atoms with van der Waals surface area (Å²) in [6, 6.07) is 1.62. The first-order chi connectivity index (χ1) is 9.42. The summed E-state index contributed by atoms with van der Waals surface area (Å²) in [5.74, 6) is 0. The standard InChI is InChI=1S/C13H21NO4S2/c1-10-7-12(19-11(10)8-15)20(16,17)14-9-13(3-4-13)5-6-18-2/h7,14-15H,3-6,8-9H2,1-2H3. The van der Waals surface area contributed by atoms with Crippen molar-refractivity contribution >= 4 is 21.4 Å². The summed E-state index contributed by atoms with van der Waals surface area (Å²) in [6.45, 7) is 2.81. The molecule has 0 atom stereocenters. The lowest BCUT2D eigenvalue weighted by Crippen LogP contribution is -2.30. The summed E-state index contributed by atoms with van der Waals surface area (Å²) in [5.41, 5.74) is 0.897. The molecule has 1 aromatic heterocycles. The van der Waals surface area contributed by atoms with Gasteiger partial charge in [-0.05, 0) is 43.2 Å². The number of hydrogen-bond acceptors (Lipinski definition) is 5. The number of hydrogen-bond donors (Lipinski definition) is 2. The molecule has 0 bridgehead atoms. The summed E-state index contributed by atoms with van der Waals surface area (Å²) >= 11 is 1.13. The van der Waals surface area contributed by atoms with Gasteiger partial charge in [-0.15, -0.1) is 11.3 Å². The van der Waals surface area contributed by atoms with E-state index in [1.54, 1.807) is 13.2 Å². The average Bonchev–Trinajstić information content (AvgIpc) is 3.09. The molecule has 20 heavy (non-hydrogen) atoms. The Morgan fingerprint density at radius 3 is 2.70 bits per heavy atom. The highest BCUT2D eigenvalue weighted by Crippen LogP contribution is 2.48. The van der Waals surface area contributed by atoms with Crippen LogP contribution in [0.2, 0.25) is 0 Å². The highest BCUT2D eigenvalue weighted by Gasteiger charge is 2.42. The summed E-state index contributed by atoms with van der Waals surface area (Å²) < 4.78 is 32.5. The van der Waals surface area contributed by atoms with Gasteiger partial charge in [0.25, 0.3) is 0 Å². The maximum Gasteiger partial charge on any atom is 0.250 e. The summed E-state index contributed by atoms with van der Waals surface area (Å²) in [6.07, 6.45) is 2.98. The van der Waals surface area contributed by atoms with Crippen LogP contribution in [0.15, 0.2) is 10.3 Å². The molecule has 0 unspecified atom stereocenters. The normalized spacial score (nSPS) is 17.4. The van der Waals surface area contributed by atoms with Crippen LogP contribution in [-0.2, 0) is 21.4 Å². The lowest BCUT2D eigenvalue weighted by atomic mass is 10.0. The van der Waals surface area contributed by atoms with Gasteiger partial charge in [-0.2, -0.15) is 0 Å². The second kappa shape index (κ2) is 6.11. The van der Waals surface area contributed by atoms with E-state index in [0.29, 0.717) is 18.0 Å². The van der Waals surface area contributed by atoms with Gasteiger partial charge in [0.2, 0.25) is 10.0 Å². The molecule has 1 aliphatic rings. The van der Waals surface area contributed by atoms with Gasteiger partial charge >= 0.3 is 0 Å². The molecule has 1 saturated carbocycles. The zero-order chi connectivity index (χ0) is 14.8. The molecule has 0 aromatic carbocycles. The van der Waals surface area contributed by atoms with Crippen molar-refractivity contribution in [2.24, 2.45) is 5.41 Å². The highest BCUT2D eigenvalue weighted by molar-refractivity contribution is 7.91. The molecule has 7 heteroatoms. The maximum atomic E-state index is 12.2. The average molecular weight is 319 g/mol. The van der Waals surface area contributed by atoms with Gasteiger partial charge < -0.3 is 9.84 Å². The van der Waals surface area contributed by atoms with Crippen molar-refractivity contribution in [3.63, 3.8) is 0 Å². The second-order valence-corrected chi connectivity index (χ2v) is 8.53. The number of sulfonamides is 1. The van der Waals surface area contributed by atoms with E-state index < -0.39 is 10.0 Å². The van der Waals surface area contributed by atoms with Gasteiger partial charge in [0.1, 0.15) is 4.21 Å². The van der Waals surface area contributed by atoms with Gasteiger partial charge in [-0.1, -0.05) is 0 Å². The van der Waals surface area contributed by atoms with Crippen molar-refractivity contribution in [1.82, 2.24) is 4.72 Å². The molecule has 1 aromatic rings. The van der Waals surface area contributed by atoms with Crippen LogP contribution >= 0.6 is 11.3 Å². The lowest BCUT2D eigenvalue weighted by molar-refractivity contribution is 0.173. The van der Waals surface area contributed by atoms with Gasteiger partial charge in [0.05, 0.1) is 6.61 Å². The number of methoxy groups -OCH3 is 1. The van der Waals surface area contributed by atoms with E-state index in [1.807, 2.05) is 6.92 Å². The van der Waals surface area contributed by atoms with Crippen molar-refractivity contribution in [3.05, 3.63) is 16.5 Å². The Labute approximate surface area is 124 Å². The molecule has 1 heterocycles. The molecule has 1 fully saturated rings. The maximum absolute atomic E-state index is 12.2. The predicted molar refractivity (Wildman–Crippen MR) is 78.3 cm³/mol. The third kappa shape index (κ3) is 3.59. The van der Waals surface area contributed by atoms with E-state index in [4.69, 9.17) is 9.84 Å². The lowest BCUT2D eigenvalue weighted by Gasteiger charge is -2.15. The van der Waals surface area contributed by atoms with E-state index in [2.05, 4.69) is 4.72 Å². The van der Waals surface area contributed by atoms with Crippen molar-refractivity contribution < 1.29 is 18.3 Å². The molecule has 0 saturated heterocycles. The van der Waals surface area contributed by atoms with Gasteiger partial charge in [0.15, 0.2) is 0 Å². The summed E-state index contributed by atoms with van der Waals surface area (Å²) in [5, 5.41) is 9.15. The molecule has 0 spiro atoms. The minimum absolute atomic E-state index is 0.0786. The Kier molecular flexibility index (Phi) is 4.86. The minimum atomic E-state index is -3.47. The van der Waals surface area contributed by atoms with E-state index in [1.165, 1.54) is 0 Å². The van der Waals surface area contributed by atoms with E-state index in [-0.39, 0.29) is 16.2 Å². The Balaban J connectivity index is 2.00. The molecule has 0 amide bonds. The fourth-order valence-corrected chi connectivity index (χ4v) is 4.76. The highest BCUT2D eigenvalue weighted by atomic mass is 32.2. The molecule has 0 radical (unpaired) electrons. The molecule has 5 nitrogen and oxygen atoms in total. The zero-order valence-corrected chi connectivity index (χ0v) is 13.4. The third-order valence-corrected chi connectivity index (χ3v) is 6.93. The first-order valence-electron chi connectivity index (χ1n) is 6.61. The van der Waals surface area contributed by atoms with Gasteiger partial charge in [-0.3, -0.25) is 0 Å². The SMILES string of the molecule is COCCC1(CNS(=O)(=O)c2cc(C)c(CO)s2)CC1. The molecular formula is C13H21NO4S2. The fraction of sp³-hybridized carbons (Fsp3) is 0.692. The number of aliphatic hydroxyl groups is 1. The number of nitrogens with one attached hydrogen (secondary N) is 1. The van der Waals surface area contributed by atoms with E-state index in [0.717, 1.165) is 36.2 Å². The van der Waals surface area contributed by atoms with Crippen LogP contribution < -0.4 is 4.72 Å². The summed E-state index contributed by atoms with van der Waals surface area (Å²) in [4.78, 5) is 0.700. The number of thiophene rings is 1. The van der Waals surface area contributed by atoms with Crippen molar-refractivity contribution in [3.8, 4) is 0 Å². The van der Waals surface area contributed by atoms with Crippen LogP contribution in [-0.4, -0.2) is 33.8 Å². The molecule has 0 aliphatic heterocycles. The van der Waals surface area contributed by atoms with Crippen LogP contribution in [0.5, 0.6) is 0 Å². The molecule has 1 aliphatic carbocycles. The van der Waals surface area contributed by atoms with Crippen molar-refractivity contribution in [2.45, 2.75) is 37.0 Å². The van der Waals surface area contributed by atoms with Crippen LogP contribution in [0.25, 0.3) is 0 Å². The topological polar surface area (TPSA) is 75.6 Å². The quantitative estimate of drug-likeness (QED) is 0.764. The van der Waals surface area contributed by atoms with E-state index >= 15 is 0 Å². The van der Waals surface area contributed by atoms with Crippen LogP contribution in [0.1, 0.15) is 29.7 Å². The smallest absolute Gasteiger partial charge is 0.250 e. The number of aryl methyl sites for hydroxylation is 1. The number of ether oxygens (including phenoxy) is 1. The molecule has 114 valence electrons. The predicted octanol–water partition coefficient (Wildman–Crippen LogP) is 1.64. The first kappa shape index (κ1) is 15.9. The van der Waals surface area contributed by atoms with Gasteiger partial charge in [-0.25, -0.2) is 13.1 Å².